The molecule has 0 amide bonds. The molecule has 0 atom stereocenters. The number of hydrogen-bond acceptors (Lipinski definition) is 0. The zero-order valence-corrected chi connectivity index (χ0v) is 7.89. The molecule has 0 saturated heterocycles. The van der Waals surface area contributed by atoms with Crippen LogP contribution in [0.15, 0.2) is 0 Å². The summed E-state index contributed by atoms with van der Waals surface area (Å²) in [5.74, 6) is 0. The van der Waals surface area contributed by atoms with Gasteiger partial charge in [0.25, 0.3) is 0 Å². The maximum atomic E-state index is 2.39. The standard InChI is InChI=1S/C6H16P.ClH/c1-5-6-7(2,3)4;/h5-6H2,1-4H3;1H/q+1;/p-1. The van der Waals surface area contributed by atoms with E-state index in [1.807, 2.05) is 0 Å². The Labute approximate surface area is 59.8 Å². The van der Waals surface area contributed by atoms with Crippen molar-refractivity contribution in [2.75, 3.05) is 26.2 Å². The molecule has 0 spiro atoms. The van der Waals surface area contributed by atoms with Crippen LogP contribution in [0.25, 0.3) is 0 Å². The number of hydrogen-bond donors (Lipinski definition) is 0. The Morgan fingerprint density at radius 3 is 1.50 bits per heavy atom. The predicted octanol–water partition coefficient (Wildman–Crippen LogP) is -0.693. The third-order valence-electron chi connectivity index (χ3n) is 0.894. The first kappa shape index (κ1) is 11.5. The molecule has 8 heavy (non-hydrogen) atoms. The molecule has 0 fully saturated rings. The van der Waals surface area contributed by atoms with Crippen LogP contribution in [0.2, 0.25) is 0 Å². The van der Waals surface area contributed by atoms with Crippen LogP contribution < -0.4 is 12.4 Å². The zero-order chi connectivity index (χ0) is 5.91. The molecule has 0 bridgehead atoms. The highest BCUT2D eigenvalue weighted by Crippen LogP contribution is 2.46. The molecule has 2 heteroatoms. The predicted molar refractivity (Wildman–Crippen MR) is 39.9 cm³/mol. The Morgan fingerprint density at radius 1 is 1.12 bits per heavy atom. The molecule has 0 aromatic rings. The first-order valence-electron chi connectivity index (χ1n) is 2.86. The molecule has 0 N–H and O–H groups in total. The van der Waals surface area contributed by atoms with Crippen molar-refractivity contribution in [3.8, 4) is 0 Å². The molecular formula is C6H16ClP. The van der Waals surface area contributed by atoms with Crippen LogP contribution in [-0.4, -0.2) is 26.2 Å². The minimum Gasteiger partial charge on any atom is -1.00 e. The van der Waals surface area contributed by atoms with Crippen molar-refractivity contribution in [3.63, 3.8) is 0 Å². The molecule has 0 unspecified atom stereocenters. The second kappa shape index (κ2) is 4.58. The van der Waals surface area contributed by atoms with Crippen molar-refractivity contribution in [3.05, 3.63) is 0 Å². The van der Waals surface area contributed by atoms with Gasteiger partial charge < -0.3 is 12.4 Å². The molecular weight excluding hydrogens is 138 g/mol. The topological polar surface area (TPSA) is 0 Å². The van der Waals surface area contributed by atoms with E-state index in [1.165, 1.54) is 12.6 Å². The van der Waals surface area contributed by atoms with Gasteiger partial charge in [0.2, 0.25) is 0 Å². The first-order chi connectivity index (χ1) is 3.06. The fraction of sp³-hybridized carbons (Fsp3) is 1.00. The lowest BCUT2D eigenvalue weighted by atomic mass is 10.6. The van der Waals surface area contributed by atoms with Gasteiger partial charge in [0.05, 0.1) is 6.16 Å². The average molecular weight is 155 g/mol. The summed E-state index contributed by atoms with van der Waals surface area (Å²) < 4.78 is 0. The molecule has 52 valence electrons. The van der Waals surface area contributed by atoms with Gasteiger partial charge in [0.15, 0.2) is 0 Å². The lowest BCUT2D eigenvalue weighted by Gasteiger charge is -2.08. The molecule has 0 aliphatic heterocycles. The van der Waals surface area contributed by atoms with Crippen molar-refractivity contribution in [1.29, 1.82) is 0 Å². The van der Waals surface area contributed by atoms with Gasteiger partial charge >= 0.3 is 0 Å². The highest BCUT2D eigenvalue weighted by molar-refractivity contribution is 7.73. The molecule has 0 aliphatic rings. The van der Waals surface area contributed by atoms with Crippen LogP contribution in [0.5, 0.6) is 0 Å². The second-order valence-electron chi connectivity index (χ2n) is 3.01. The summed E-state index contributed by atoms with van der Waals surface area (Å²) in [5.41, 5.74) is 0. The van der Waals surface area contributed by atoms with E-state index < -0.39 is 7.26 Å². The second-order valence-corrected chi connectivity index (χ2v) is 8.04. The van der Waals surface area contributed by atoms with Crippen molar-refractivity contribution in [2.24, 2.45) is 0 Å². The van der Waals surface area contributed by atoms with E-state index in [0.29, 0.717) is 0 Å². The van der Waals surface area contributed by atoms with E-state index in [9.17, 15) is 0 Å². The molecule has 0 aliphatic carbocycles. The Morgan fingerprint density at radius 2 is 1.50 bits per heavy atom. The molecule has 0 nitrogen and oxygen atoms in total. The van der Waals surface area contributed by atoms with Gasteiger partial charge in [-0.15, -0.1) is 0 Å². The van der Waals surface area contributed by atoms with E-state index in [4.69, 9.17) is 0 Å². The van der Waals surface area contributed by atoms with Crippen LogP contribution in [0.3, 0.4) is 0 Å². The summed E-state index contributed by atoms with van der Waals surface area (Å²) in [6.07, 6.45) is 2.81. The summed E-state index contributed by atoms with van der Waals surface area (Å²) >= 11 is 0. The van der Waals surface area contributed by atoms with Crippen LogP contribution in [-0.2, 0) is 0 Å². The lowest BCUT2D eigenvalue weighted by molar-refractivity contribution is -0.00000191. The summed E-state index contributed by atoms with van der Waals surface area (Å²) in [6, 6.07) is 0. The van der Waals surface area contributed by atoms with Gasteiger partial charge in [-0.1, -0.05) is 6.92 Å². The highest BCUT2D eigenvalue weighted by atomic mass is 35.5. The summed E-state index contributed by atoms with van der Waals surface area (Å²) in [4.78, 5) is 0. The van der Waals surface area contributed by atoms with E-state index in [0.717, 1.165) is 0 Å². The maximum Gasteiger partial charge on any atom is 0.0583 e. The summed E-state index contributed by atoms with van der Waals surface area (Å²) in [7, 11) is -0.416. The Kier molecular flexibility index (Phi) is 6.60. The molecule has 0 radical (unpaired) electrons. The van der Waals surface area contributed by atoms with Gasteiger partial charge in [0, 0.05) is 27.3 Å². The summed E-state index contributed by atoms with van der Waals surface area (Å²) in [6.45, 7) is 9.41. The monoisotopic (exact) mass is 154 g/mol. The molecule has 0 aromatic carbocycles. The van der Waals surface area contributed by atoms with E-state index >= 15 is 0 Å². The third-order valence-corrected chi connectivity index (χ3v) is 2.68. The Bertz CT molecular complexity index is 47.0. The Hall–Kier alpha value is 0.720. The quantitative estimate of drug-likeness (QED) is 0.462. The average Bonchev–Trinajstić information content (AvgIpc) is 1.30. The van der Waals surface area contributed by atoms with Crippen molar-refractivity contribution in [1.82, 2.24) is 0 Å². The SMILES string of the molecule is CCC[P+](C)(C)C.[Cl-]. The normalized spacial score (nSPS) is 10.5. The third kappa shape index (κ3) is 9.87. The van der Waals surface area contributed by atoms with Gasteiger partial charge in [-0.25, -0.2) is 0 Å². The lowest BCUT2D eigenvalue weighted by Crippen LogP contribution is -3.00. The van der Waals surface area contributed by atoms with Gasteiger partial charge in [-0.3, -0.25) is 0 Å². The minimum atomic E-state index is -0.416. The van der Waals surface area contributed by atoms with E-state index in [-0.39, 0.29) is 12.4 Å². The maximum absolute atomic E-state index is 2.39. The van der Waals surface area contributed by atoms with E-state index in [2.05, 4.69) is 26.9 Å². The van der Waals surface area contributed by atoms with E-state index in [1.54, 1.807) is 0 Å². The zero-order valence-electron chi connectivity index (χ0n) is 6.24. The summed E-state index contributed by atoms with van der Waals surface area (Å²) in [5, 5.41) is 0. The van der Waals surface area contributed by atoms with Gasteiger partial charge in [0.1, 0.15) is 0 Å². The number of rotatable bonds is 2. The minimum absolute atomic E-state index is 0. The number of halogens is 1. The molecule has 0 rings (SSSR count). The van der Waals surface area contributed by atoms with Crippen LogP contribution in [0.4, 0.5) is 0 Å². The smallest absolute Gasteiger partial charge is 0.0583 e. The van der Waals surface area contributed by atoms with Crippen molar-refractivity contribution in [2.45, 2.75) is 13.3 Å². The van der Waals surface area contributed by atoms with Crippen molar-refractivity contribution < 1.29 is 12.4 Å². The Balaban J connectivity index is 0. The fourth-order valence-electron chi connectivity index (χ4n) is 0.671. The first-order valence-corrected chi connectivity index (χ1v) is 6.18. The fourth-order valence-corrected chi connectivity index (χ4v) is 2.01. The van der Waals surface area contributed by atoms with Gasteiger partial charge in [-0.2, -0.15) is 0 Å². The van der Waals surface area contributed by atoms with Crippen LogP contribution >= 0.6 is 7.26 Å². The van der Waals surface area contributed by atoms with Crippen molar-refractivity contribution >= 4 is 7.26 Å². The molecule has 0 saturated carbocycles. The molecule has 0 aromatic heterocycles. The molecule has 0 heterocycles. The largest absolute Gasteiger partial charge is 1.00 e. The highest BCUT2D eigenvalue weighted by Gasteiger charge is 2.13. The van der Waals surface area contributed by atoms with Gasteiger partial charge in [-0.05, 0) is 6.42 Å². The van der Waals surface area contributed by atoms with Crippen LogP contribution in [0, 0.1) is 0 Å². The van der Waals surface area contributed by atoms with Crippen LogP contribution in [0.1, 0.15) is 13.3 Å².